The molecule has 0 heterocycles. The van der Waals surface area contributed by atoms with Crippen molar-refractivity contribution in [3.05, 3.63) is 153 Å². The van der Waals surface area contributed by atoms with Crippen LogP contribution < -0.4 is 18.9 Å². The van der Waals surface area contributed by atoms with Crippen molar-refractivity contribution >= 4 is 39.8 Å². The summed E-state index contributed by atoms with van der Waals surface area (Å²) >= 11 is 3.35. The Morgan fingerprint density at radius 1 is 0.434 bits per heavy atom. The summed E-state index contributed by atoms with van der Waals surface area (Å²) in [5.74, 6) is -1.23. The highest BCUT2D eigenvalue weighted by Gasteiger charge is 2.19. The van der Waals surface area contributed by atoms with Gasteiger partial charge in [0.15, 0.2) is 0 Å². The predicted octanol–water partition coefficient (Wildman–Crippen LogP) is 10.8. The number of ether oxygens (including phenoxy) is 4. The molecule has 0 bridgehead atoms. The molecule has 5 rings (SSSR count). The van der Waals surface area contributed by atoms with Crippen LogP contribution in [0.5, 0.6) is 23.0 Å². The Bertz CT molecular complexity index is 2000. The van der Waals surface area contributed by atoms with Crippen molar-refractivity contribution in [3.63, 3.8) is 0 Å². The van der Waals surface area contributed by atoms with Crippen molar-refractivity contribution in [3.8, 4) is 23.0 Å². The molecular weight excluding hydrogens is 736 g/mol. The van der Waals surface area contributed by atoms with Crippen LogP contribution in [0.25, 0.3) is 0 Å². The molecule has 0 amide bonds. The second kappa shape index (κ2) is 19.3. The predicted molar refractivity (Wildman–Crippen MR) is 206 cm³/mol. The number of carbonyl (C=O) groups excluding carboxylic acids is 4. The first-order chi connectivity index (χ1) is 25.7. The molecule has 0 saturated carbocycles. The lowest BCUT2D eigenvalue weighted by Crippen LogP contribution is -2.14. The second-order valence-electron chi connectivity index (χ2n) is 12.5. The maximum Gasteiger partial charge on any atom is 0.344 e. The SMILES string of the molecule is CCCCCc1ccc(OC(=O)c2ccc(OC(=O)c3ccc(Br)c(C(=O)Oc4ccc(C(=O)Oc5ccc(CCCCC)cc5)cc4)c3)cc2)cc1. The van der Waals surface area contributed by atoms with Gasteiger partial charge in [-0.2, -0.15) is 0 Å². The highest BCUT2D eigenvalue weighted by molar-refractivity contribution is 9.10. The lowest BCUT2D eigenvalue weighted by atomic mass is 10.1. The van der Waals surface area contributed by atoms with Gasteiger partial charge in [0.25, 0.3) is 0 Å². The largest absolute Gasteiger partial charge is 0.423 e. The van der Waals surface area contributed by atoms with Crippen LogP contribution in [0.15, 0.2) is 120 Å². The van der Waals surface area contributed by atoms with Crippen LogP contribution >= 0.6 is 15.9 Å². The number of halogens is 1. The Hall–Kier alpha value is -5.54. The Kier molecular flexibility index (Phi) is 14.1. The molecule has 0 unspecified atom stereocenters. The first kappa shape index (κ1) is 38.7. The number of unbranched alkanes of at least 4 members (excludes halogenated alkanes) is 4. The summed E-state index contributed by atoms with van der Waals surface area (Å²) in [7, 11) is 0. The van der Waals surface area contributed by atoms with Crippen LogP contribution in [0.1, 0.15) is 105 Å². The van der Waals surface area contributed by atoms with E-state index in [4.69, 9.17) is 18.9 Å². The van der Waals surface area contributed by atoms with Gasteiger partial charge in [-0.05, 0) is 144 Å². The van der Waals surface area contributed by atoms with Gasteiger partial charge in [0.2, 0.25) is 0 Å². The van der Waals surface area contributed by atoms with E-state index < -0.39 is 23.9 Å². The highest BCUT2D eigenvalue weighted by Crippen LogP contribution is 2.24. The van der Waals surface area contributed by atoms with E-state index in [0.717, 1.165) is 38.5 Å². The molecule has 0 N–H and O–H groups in total. The maximum atomic E-state index is 13.1. The quantitative estimate of drug-likeness (QED) is 0.0554. The molecule has 5 aromatic rings. The number of hydrogen-bond acceptors (Lipinski definition) is 8. The van der Waals surface area contributed by atoms with E-state index in [2.05, 4.69) is 29.8 Å². The second-order valence-corrected chi connectivity index (χ2v) is 13.4. The number of aryl methyl sites for hydroxylation is 2. The third kappa shape index (κ3) is 11.5. The molecule has 9 heteroatoms. The molecule has 0 aliphatic carbocycles. The molecule has 272 valence electrons. The topological polar surface area (TPSA) is 105 Å². The van der Waals surface area contributed by atoms with E-state index in [1.165, 1.54) is 84.6 Å². The molecular formula is C44H41BrO8. The van der Waals surface area contributed by atoms with E-state index in [-0.39, 0.29) is 28.2 Å². The van der Waals surface area contributed by atoms with E-state index in [1.54, 1.807) is 30.3 Å². The van der Waals surface area contributed by atoms with Gasteiger partial charge in [0.05, 0.1) is 22.3 Å². The third-order valence-electron chi connectivity index (χ3n) is 8.43. The van der Waals surface area contributed by atoms with Crippen LogP contribution in [0.2, 0.25) is 0 Å². The lowest BCUT2D eigenvalue weighted by molar-refractivity contribution is 0.0722. The number of esters is 4. The zero-order chi connectivity index (χ0) is 37.6. The normalized spacial score (nSPS) is 10.7. The molecule has 0 saturated heterocycles. The molecule has 0 radical (unpaired) electrons. The van der Waals surface area contributed by atoms with Gasteiger partial charge in [-0.1, -0.05) is 63.8 Å². The minimum atomic E-state index is -0.727. The minimum absolute atomic E-state index is 0.0909. The summed E-state index contributed by atoms with van der Waals surface area (Å²) in [6, 6.07) is 31.3. The number of rotatable bonds is 16. The summed E-state index contributed by atoms with van der Waals surface area (Å²) in [6.07, 6.45) is 8.88. The maximum absolute atomic E-state index is 13.1. The van der Waals surface area contributed by atoms with Gasteiger partial charge in [-0.3, -0.25) is 0 Å². The zero-order valence-corrected chi connectivity index (χ0v) is 31.4. The van der Waals surface area contributed by atoms with E-state index in [0.29, 0.717) is 21.5 Å². The summed E-state index contributed by atoms with van der Waals surface area (Å²) in [4.78, 5) is 51.5. The molecule has 0 atom stereocenters. The summed E-state index contributed by atoms with van der Waals surface area (Å²) in [6.45, 7) is 4.33. The van der Waals surface area contributed by atoms with Crippen LogP contribution in [-0.4, -0.2) is 23.9 Å². The Labute approximate surface area is 318 Å². The van der Waals surface area contributed by atoms with Crippen molar-refractivity contribution in [1.82, 2.24) is 0 Å². The smallest absolute Gasteiger partial charge is 0.344 e. The van der Waals surface area contributed by atoms with E-state index in [9.17, 15) is 19.2 Å². The fraction of sp³-hybridized carbons (Fsp3) is 0.227. The summed E-state index contributed by atoms with van der Waals surface area (Å²) < 4.78 is 22.4. The fourth-order valence-electron chi connectivity index (χ4n) is 5.39. The van der Waals surface area contributed by atoms with Crippen molar-refractivity contribution in [1.29, 1.82) is 0 Å². The first-order valence-corrected chi connectivity index (χ1v) is 18.6. The van der Waals surface area contributed by atoms with Gasteiger partial charge >= 0.3 is 23.9 Å². The Balaban J connectivity index is 1.13. The molecule has 0 aliphatic heterocycles. The van der Waals surface area contributed by atoms with Crippen LogP contribution in [-0.2, 0) is 12.8 Å². The van der Waals surface area contributed by atoms with Crippen LogP contribution in [0.4, 0.5) is 0 Å². The van der Waals surface area contributed by atoms with Crippen molar-refractivity contribution < 1.29 is 38.1 Å². The summed E-state index contributed by atoms with van der Waals surface area (Å²) in [5, 5.41) is 0. The Morgan fingerprint density at radius 3 is 1.17 bits per heavy atom. The number of benzene rings is 5. The molecule has 5 aromatic carbocycles. The molecule has 0 aliphatic rings. The van der Waals surface area contributed by atoms with Crippen molar-refractivity contribution in [2.75, 3.05) is 0 Å². The average Bonchev–Trinajstić information content (AvgIpc) is 3.17. The monoisotopic (exact) mass is 776 g/mol. The van der Waals surface area contributed by atoms with Gasteiger partial charge in [0, 0.05) is 4.47 Å². The standard InChI is InChI=1S/C44H41BrO8/c1-3-5-7-9-30-11-20-35(21-12-30)50-41(46)32-15-24-37(25-16-32)52-43(48)34-19-28-40(45)39(29-34)44(49)53-38-26-17-33(18-27-38)42(47)51-36-22-13-31(14-23-36)10-8-6-4-2/h11-29H,3-10H2,1-2H3. The molecule has 0 spiro atoms. The molecule has 53 heavy (non-hydrogen) atoms. The average molecular weight is 778 g/mol. The highest BCUT2D eigenvalue weighted by atomic mass is 79.9. The van der Waals surface area contributed by atoms with Crippen LogP contribution in [0, 0.1) is 0 Å². The Morgan fingerprint density at radius 2 is 0.774 bits per heavy atom. The fourth-order valence-corrected chi connectivity index (χ4v) is 5.80. The molecule has 0 aromatic heterocycles. The van der Waals surface area contributed by atoms with Crippen molar-refractivity contribution in [2.24, 2.45) is 0 Å². The molecule has 8 nitrogen and oxygen atoms in total. The van der Waals surface area contributed by atoms with Crippen LogP contribution in [0.3, 0.4) is 0 Å². The van der Waals surface area contributed by atoms with Gasteiger partial charge in [0.1, 0.15) is 23.0 Å². The van der Waals surface area contributed by atoms with E-state index >= 15 is 0 Å². The van der Waals surface area contributed by atoms with Gasteiger partial charge in [-0.15, -0.1) is 0 Å². The van der Waals surface area contributed by atoms with Gasteiger partial charge < -0.3 is 18.9 Å². The molecule has 0 fully saturated rings. The minimum Gasteiger partial charge on any atom is -0.423 e. The summed E-state index contributed by atoms with van der Waals surface area (Å²) in [5.41, 5.74) is 3.16. The van der Waals surface area contributed by atoms with E-state index in [1.807, 2.05) is 24.3 Å². The third-order valence-corrected chi connectivity index (χ3v) is 9.12. The first-order valence-electron chi connectivity index (χ1n) is 17.8. The van der Waals surface area contributed by atoms with Gasteiger partial charge in [-0.25, -0.2) is 19.2 Å². The lowest BCUT2D eigenvalue weighted by Gasteiger charge is -2.10. The number of carbonyl (C=O) groups is 4. The van der Waals surface area contributed by atoms with Crippen molar-refractivity contribution in [2.45, 2.75) is 65.2 Å². The zero-order valence-electron chi connectivity index (χ0n) is 29.8. The number of hydrogen-bond donors (Lipinski definition) is 0.